The summed E-state index contributed by atoms with van der Waals surface area (Å²) in [7, 11) is 0. The van der Waals surface area contributed by atoms with E-state index in [0.29, 0.717) is 4.47 Å². The lowest BCUT2D eigenvalue weighted by Crippen LogP contribution is -2.62. The van der Waals surface area contributed by atoms with Crippen molar-refractivity contribution in [3.8, 4) is 0 Å². The quantitative estimate of drug-likeness (QED) is 0.857. The van der Waals surface area contributed by atoms with Gasteiger partial charge in [0.1, 0.15) is 5.01 Å². The summed E-state index contributed by atoms with van der Waals surface area (Å²) in [6.45, 7) is 7.82. The third-order valence-corrected chi connectivity index (χ3v) is 4.41. The Morgan fingerprint density at radius 3 is 2.71 bits per heavy atom. The van der Waals surface area contributed by atoms with E-state index in [-0.39, 0.29) is 0 Å². The lowest BCUT2D eigenvalue weighted by Gasteiger charge is -2.46. The van der Waals surface area contributed by atoms with E-state index in [9.17, 15) is 0 Å². The fraction of sp³-hybridized carbons (Fsp3) is 0.800. The predicted octanol–water partition coefficient (Wildman–Crippen LogP) is 0.281. The van der Waals surface area contributed by atoms with Gasteiger partial charge in [0, 0.05) is 45.3 Å². The Labute approximate surface area is 110 Å². The second-order valence-electron chi connectivity index (χ2n) is 4.58. The molecule has 2 aliphatic heterocycles. The minimum atomic E-state index is 0.541. The number of hydrogen-bond donors (Lipinski definition) is 1. The number of nitrogens with zero attached hydrogens (tertiary/aromatic N) is 4. The van der Waals surface area contributed by atoms with Gasteiger partial charge in [0.25, 0.3) is 0 Å². The van der Waals surface area contributed by atoms with E-state index < -0.39 is 0 Å². The van der Waals surface area contributed by atoms with Gasteiger partial charge in [-0.25, -0.2) is 0 Å². The highest BCUT2D eigenvalue weighted by Crippen LogP contribution is 2.21. The number of rotatable bonds is 3. The molecule has 0 aromatic carbocycles. The molecule has 3 rings (SSSR count). The van der Waals surface area contributed by atoms with E-state index in [4.69, 9.17) is 11.6 Å². The molecule has 7 heteroatoms. The highest BCUT2D eigenvalue weighted by Gasteiger charge is 2.32. The number of aromatic nitrogens is 2. The van der Waals surface area contributed by atoms with Gasteiger partial charge in [-0.2, -0.15) is 0 Å². The molecule has 1 aromatic rings. The van der Waals surface area contributed by atoms with Crippen molar-refractivity contribution in [3.63, 3.8) is 0 Å². The molecule has 0 spiro atoms. The van der Waals surface area contributed by atoms with Crippen LogP contribution in [-0.4, -0.2) is 65.3 Å². The molecular weight excluding hydrogens is 258 g/mol. The van der Waals surface area contributed by atoms with Crippen LogP contribution < -0.4 is 5.32 Å². The summed E-state index contributed by atoms with van der Waals surface area (Å²) in [4.78, 5) is 4.99. The molecule has 0 radical (unpaired) electrons. The maximum absolute atomic E-state index is 5.77. The molecule has 1 aromatic heterocycles. The first-order valence-electron chi connectivity index (χ1n) is 5.96. The van der Waals surface area contributed by atoms with E-state index in [1.165, 1.54) is 24.4 Å². The van der Waals surface area contributed by atoms with E-state index in [2.05, 4.69) is 25.3 Å². The van der Waals surface area contributed by atoms with Gasteiger partial charge in [0.2, 0.25) is 4.47 Å². The monoisotopic (exact) mass is 273 g/mol. The Hall–Kier alpha value is -0.270. The first-order valence-corrected chi connectivity index (χ1v) is 7.16. The summed E-state index contributed by atoms with van der Waals surface area (Å²) in [5, 5.41) is 12.3. The summed E-state index contributed by atoms with van der Waals surface area (Å²) in [6, 6.07) is 0.737. The van der Waals surface area contributed by atoms with Gasteiger partial charge in [-0.05, 0) is 11.6 Å². The van der Waals surface area contributed by atoms with Crippen LogP contribution in [0.5, 0.6) is 0 Å². The van der Waals surface area contributed by atoms with Crippen molar-refractivity contribution in [2.75, 3.05) is 39.3 Å². The van der Waals surface area contributed by atoms with Crippen LogP contribution in [0.4, 0.5) is 0 Å². The summed E-state index contributed by atoms with van der Waals surface area (Å²) < 4.78 is 0.541. The Balaban J connectivity index is 1.45. The summed E-state index contributed by atoms with van der Waals surface area (Å²) in [5.74, 6) is 0. The maximum Gasteiger partial charge on any atom is 0.207 e. The molecular formula is C10H16ClN5S. The lowest BCUT2D eigenvalue weighted by atomic mass is 10.1. The smallest absolute Gasteiger partial charge is 0.207 e. The van der Waals surface area contributed by atoms with Crippen molar-refractivity contribution >= 4 is 22.9 Å². The van der Waals surface area contributed by atoms with Gasteiger partial charge in [-0.3, -0.25) is 9.80 Å². The number of halogens is 1. The molecule has 17 heavy (non-hydrogen) atoms. The van der Waals surface area contributed by atoms with Gasteiger partial charge < -0.3 is 5.32 Å². The Morgan fingerprint density at radius 1 is 1.29 bits per heavy atom. The largest absolute Gasteiger partial charge is 0.314 e. The van der Waals surface area contributed by atoms with Crippen LogP contribution >= 0.6 is 22.9 Å². The lowest BCUT2D eigenvalue weighted by molar-refractivity contribution is 0.0222. The van der Waals surface area contributed by atoms with Crippen molar-refractivity contribution in [2.45, 2.75) is 12.6 Å². The average molecular weight is 274 g/mol. The van der Waals surface area contributed by atoms with E-state index >= 15 is 0 Å². The fourth-order valence-electron chi connectivity index (χ4n) is 2.44. The Bertz CT molecular complexity index is 373. The molecule has 94 valence electrons. The molecule has 2 aliphatic rings. The predicted molar refractivity (Wildman–Crippen MR) is 68.4 cm³/mol. The van der Waals surface area contributed by atoms with Crippen LogP contribution in [0.1, 0.15) is 5.01 Å². The molecule has 2 fully saturated rings. The molecule has 0 amide bonds. The van der Waals surface area contributed by atoms with E-state index in [1.807, 2.05) is 0 Å². The zero-order valence-corrected chi connectivity index (χ0v) is 11.2. The summed E-state index contributed by atoms with van der Waals surface area (Å²) in [5.41, 5.74) is 0. The highest BCUT2D eigenvalue weighted by molar-refractivity contribution is 7.15. The SMILES string of the molecule is Clc1nnc(CN2CC(N3CCNCC3)C2)s1. The Morgan fingerprint density at radius 2 is 2.06 bits per heavy atom. The zero-order valence-electron chi connectivity index (χ0n) is 9.60. The minimum absolute atomic E-state index is 0.541. The highest BCUT2D eigenvalue weighted by atomic mass is 35.5. The maximum atomic E-state index is 5.77. The standard InChI is InChI=1S/C10H16ClN5S/c11-10-14-13-9(17-10)7-15-5-8(6-15)16-3-1-12-2-4-16/h8,12H,1-7H2. The van der Waals surface area contributed by atoms with Gasteiger partial charge in [-0.15, -0.1) is 10.2 Å². The average Bonchev–Trinajstić information content (AvgIpc) is 2.70. The third kappa shape index (κ3) is 2.77. The second-order valence-corrected chi connectivity index (χ2v) is 6.23. The minimum Gasteiger partial charge on any atom is -0.314 e. The molecule has 0 aliphatic carbocycles. The molecule has 5 nitrogen and oxygen atoms in total. The van der Waals surface area contributed by atoms with Crippen molar-refractivity contribution in [2.24, 2.45) is 0 Å². The molecule has 0 unspecified atom stereocenters. The van der Waals surface area contributed by atoms with Crippen LogP contribution in [-0.2, 0) is 6.54 Å². The van der Waals surface area contributed by atoms with Crippen LogP contribution in [0.25, 0.3) is 0 Å². The van der Waals surface area contributed by atoms with Gasteiger partial charge in [-0.1, -0.05) is 11.3 Å². The molecule has 3 heterocycles. The van der Waals surface area contributed by atoms with E-state index in [1.54, 1.807) is 0 Å². The number of likely N-dealkylation sites (tertiary alicyclic amines) is 1. The molecule has 1 N–H and O–H groups in total. The fourth-order valence-corrected chi connectivity index (χ4v) is 3.35. The van der Waals surface area contributed by atoms with Crippen molar-refractivity contribution in [1.29, 1.82) is 0 Å². The van der Waals surface area contributed by atoms with Crippen molar-refractivity contribution < 1.29 is 0 Å². The van der Waals surface area contributed by atoms with Gasteiger partial charge >= 0.3 is 0 Å². The third-order valence-electron chi connectivity index (χ3n) is 3.41. The molecule has 0 bridgehead atoms. The second kappa shape index (κ2) is 5.16. The summed E-state index contributed by atoms with van der Waals surface area (Å²) in [6.07, 6.45) is 0. The topological polar surface area (TPSA) is 44.3 Å². The van der Waals surface area contributed by atoms with Crippen molar-refractivity contribution in [1.82, 2.24) is 25.3 Å². The summed E-state index contributed by atoms with van der Waals surface area (Å²) >= 11 is 7.25. The van der Waals surface area contributed by atoms with Crippen LogP contribution in [0, 0.1) is 0 Å². The first-order chi connectivity index (χ1) is 8.31. The van der Waals surface area contributed by atoms with Crippen LogP contribution in [0.15, 0.2) is 0 Å². The van der Waals surface area contributed by atoms with Crippen molar-refractivity contribution in [3.05, 3.63) is 9.47 Å². The van der Waals surface area contributed by atoms with Gasteiger partial charge in [0.05, 0.1) is 6.54 Å². The molecule has 2 saturated heterocycles. The van der Waals surface area contributed by atoms with Gasteiger partial charge in [0.15, 0.2) is 0 Å². The zero-order chi connectivity index (χ0) is 11.7. The first kappa shape index (κ1) is 11.8. The molecule has 0 atom stereocenters. The van der Waals surface area contributed by atoms with Crippen LogP contribution in [0.2, 0.25) is 4.47 Å². The Kier molecular flexibility index (Phi) is 3.58. The van der Waals surface area contributed by atoms with E-state index in [0.717, 1.165) is 43.8 Å². The molecule has 0 saturated carbocycles. The normalized spacial score (nSPS) is 23.8. The number of piperazine rings is 1. The van der Waals surface area contributed by atoms with Crippen LogP contribution in [0.3, 0.4) is 0 Å². The number of nitrogens with one attached hydrogen (secondary N) is 1. The number of hydrogen-bond acceptors (Lipinski definition) is 6.